The summed E-state index contributed by atoms with van der Waals surface area (Å²) in [4.78, 5) is 4.97. The normalized spacial score (nSPS) is 10.7. The number of imidazole rings is 1. The van der Waals surface area contributed by atoms with Gasteiger partial charge in [-0.1, -0.05) is 42.5 Å². The summed E-state index contributed by atoms with van der Waals surface area (Å²) in [6.45, 7) is 0. The highest BCUT2D eigenvalue weighted by molar-refractivity contribution is 7.80. The largest absolute Gasteiger partial charge is 0.389 e. The van der Waals surface area contributed by atoms with Gasteiger partial charge < -0.3 is 10.1 Å². The number of pyridine rings is 1. The molecule has 88 valence electrons. The van der Waals surface area contributed by atoms with E-state index in [4.69, 9.17) is 18.0 Å². The van der Waals surface area contributed by atoms with E-state index in [1.807, 2.05) is 59.3 Å². The zero-order chi connectivity index (χ0) is 12.5. The lowest BCUT2D eigenvalue weighted by molar-refractivity contribution is 1.19. The summed E-state index contributed by atoms with van der Waals surface area (Å²) in [6, 6.07) is 13.7. The van der Waals surface area contributed by atoms with Gasteiger partial charge in [0.15, 0.2) is 0 Å². The Kier molecular flexibility index (Phi) is 2.57. The van der Waals surface area contributed by atoms with E-state index in [0.717, 1.165) is 22.5 Å². The molecule has 0 unspecified atom stereocenters. The number of hydrogen-bond donors (Lipinski definition) is 1. The van der Waals surface area contributed by atoms with Crippen LogP contribution in [0, 0.1) is 0 Å². The molecule has 2 N–H and O–H groups in total. The van der Waals surface area contributed by atoms with Crippen LogP contribution in [0.15, 0.2) is 54.9 Å². The minimum Gasteiger partial charge on any atom is -0.389 e. The van der Waals surface area contributed by atoms with Gasteiger partial charge in [-0.2, -0.15) is 0 Å². The van der Waals surface area contributed by atoms with Crippen molar-refractivity contribution in [2.45, 2.75) is 0 Å². The molecule has 3 rings (SSSR count). The predicted molar refractivity (Wildman–Crippen MR) is 76.5 cm³/mol. The van der Waals surface area contributed by atoms with Crippen molar-refractivity contribution in [3.05, 3.63) is 60.4 Å². The number of fused-ring (bicyclic) bond motifs is 1. The van der Waals surface area contributed by atoms with Crippen LogP contribution in [0.1, 0.15) is 5.56 Å². The van der Waals surface area contributed by atoms with Crippen LogP contribution in [-0.4, -0.2) is 14.4 Å². The van der Waals surface area contributed by atoms with Crippen LogP contribution in [0.5, 0.6) is 0 Å². The predicted octanol–water partition coefficient (Wildman–Crippen LogP) is 2.64. The van der Waals surface area contributed by atoms with Gasteiger partial charge in [0, 0.05) is 23.5 Å². The maximum atomic E-state index is 5.58. The maximum Gasteiger partial charge on any atom is 0.137 e. The summed E-state index contributed by atoms with van der Waals surface area (Å²) in [5, 5.41) is 0. The Morgan fingerprint density at radius 3 is 2.56 bits per heavy atom. The third-order valence-electron chi connectivity index (χ3n) is 2.83. The van der Waals surface area contributed by atoms with Crippen LogP contribution in [0.3, 0.4) is 0 Å². The highest BCUT2D eigenvalue weighted by Gasteiger charge is 2.04. The highest BCUT2D eigenvalue weighted by atomic mass is 32.1. The SMILES string of the molecule is NC(=S)c1ccc(-c2cn3ccccc3n2)cc1. The molecule has 0 saturated heterocycles. The fourth-order valence-corrected chi connectivity index (χ4v) is 2.02. The first-order chi connectivity index (χ1) is 8.74. The molecule has 18 heavy (non-hydrogen) atoms. The molecule has 0 fully saturated rings. The van der Waals surface area contributed by atoms with E-state index in [2.05, 4.69) is 4.98 Å². The molecule has 0 spiro atoms. The van der Waals surface area contributed by atoms with Crippen LogP contribution >= 0.6 is 12.2 Å². The molecule has 1 aromatic carbocycles. The lowest BCUT2D eigenvalue weighted by atomic mass is 10.1. The monoisotopic (exact) mass is 253 g/mol. The van der Waals surface area contributed by atoms with Gasteiger partial charge in [-0.3, -0.25) is 0 Å². The average molecular weight is 253 g/mol. The molecule has 0 amide bonds. The molecule has 0 atom stereocenters. The Labute approximate surface area is 110 Å². The van der Waals surface area contributed by atoms with Gasteiger partial charge in [0.1, 0.15) is 10.6 Å². The summed E-state index contributed by atoms with van der Waals surface area (Å²) >= 11 is 4.93. The van der Waals surface area contributed by atoms with Crippen molar-refractivity contribution in [2.75, 3.05) is 0 Å². The number of benzene rings is 1. The van der Waals surface area contributed by atoms with Gasteiger partial charge in [0.2, 0.25) is 0 Å². The van der Waals surface area contributed by atoms with E-state index in [-0.39, 0.29) is 0 Å². The Morgan fingerprint density at radius 1 is 1.11 bits per heavy atom. The van der Waals surface area contributed by atoms with Crippen molar-refractivity contribution >= 4 is 22.9 Å². The van der Waals surface area contributed by atoms with Crippen molar-refractivity contribution in [2.24, 2.45) is 5.73 Å². The zero-order valence-corrected chi connectivity index (χ0v) is 10.4. The summed E-state index contributed by atoms with van der Waals surface area (Å²) in [5.41, 5.74) is 9.38. The summed E-state index contributed by atoms with van der Waals surface area (Å²) in [6.07, 6.45) is 3.99. The van der Waals surface area contributed by atoms with Crippen LogP contribution < -0.4 is 5.73 Å². The first-order valence-corrected chi connectivity index (χ1v) is 5.99. The Hall–Kier alpha value is -2.20. The van der Waals surface area contributed by atoms with Crippen LogP contribution in [-0.2, 0) is 0 Å². The summed E-state index contributed by atoms with van der Waals surface area (Å²) in [5.74, 6) is 0. The van der Waals surface area contributed by atoms with E-state index in [1.165, 1.54) is 0 Å². The van der Waals surface area contributed by atoms with E-state index in [0.29, 0.717) is 4.99 Å². The van der Waals surface area contributed by atoms with Gasteiger partial charge in [-0.15, -0.1) is 0 Å². The first-order valence-electron chi connectivity index (χ1n) is 5.58. The minimum atomic E-state index is 0.413. The molecular formula is C14H11N3S. The van der Waals surface area contributed by atoms with Gasteiger partial charge in [0.05, 0.1) is 5.69 Å². The van der Waals surface area contributed by atoms with Crippen molar-refractivity contribution < 1.29 is 0 Å². The summed E-state index contributed by atoms with van der Waals surface area (Å²) in [7, 11) is 0. The second-order valence-corrected chi connectivity index (χ2v) is 4.47. The first kappa shape index (κ1) is 10.9. The molecule has 0 aliphatic heterocycles. The van der Waals surface area contributed by atoms with Gasteiger partial charge in [0.25, 0.3) is 0 Å². The van der Waals surface area contributed by atoms with Gasteiger partial charge in [-0.05, 0) is 12.1 Å². The lowest BCUT2D eigenvalue weighted by Gasteiger charge is -1.99. The number of nitrogens with two attached hydrogens (primary N) is 1. The van der Waals surface area contributed by atoms with Gasteiger partial charge >= 0.3 is 0 Å². The number of hydrogen-bond acceptors (Lipinski definition) is 2. The Bertz CT molecular complexity index is 680. The van der Waals surface area contributed by atoms with Crippen LogP contribution in [0.2, 0.25) is 0 Å². The van der Waals surface area contributed by atoms with E-state index >= 15 is 0 Å². The molecule has 2 heterocycles. The third-order valence-corrected chi connectivity index (χ3v) is 3.06. The van der Waals surface area contributed by atoms with Crippen LogP contribution in [0.4, 0.5) is 0 Å². The Morgan fingerprint density at radius 2 is 1.89 bits per heavy atom. The van der Waals surface area contributed by atoms with Crippen LogP contribution in [0.25, 0.3) is 16.9 Å². The van der Waals surface area contributed by atoms with E-state index in [9.17, 15) is 0 Å². The molecule has 0 bridgehead atoms. The molecule has 3 nitrogen and oxygen atoms in total. The van der Waals surface area contributed by atoms with Gasteiger partial charge in [-0.25, -0.2) is 4.98 Å². The average Bonchev–Trinajstić information content (AvgIpc) is 2.82. The maximum absolute atomic E-state index is 5.58. The topological polar surface area (TPSA) is 43.3 Å². The van der Waals surface area contributed by atoms with Crippen molar-refractivity contribution in [3.8, 4) is 11.3 Å². The smallest absolute Gasteiger partial charge is 0.137 e. The number of aromatic nitrogens is 2. The number of rotatable bonds is 2. The molecule has 0 saturated carbocycles. The third kappa shape index (κ3) is 1.87. The van der Waals surface area contributed by atoms with Crippen molar-refractivity contribution in [1.29, 1.82) is 0 Å². The van der Waals surface area contributed by atoms with Crippen molar-refractivity contribution in [1.82, 2.24) is 9.38 Å². The van der Waals surface area contributed by atoms with E-state index in [1.54, 1.807) is 0 Å². The van der Waals surface area contributed by atoms with E-state index < -0.39 is 0 Å². The second-order valence-electron chi connectivity index (χ2n) is 4.03. The molecule has 0 radical (unpaired) electrons. The molecule has 4 heteroatoms. The summed E-state index contributed by atoms with van der Waals surface area (Å²) < 4.78 is 2.00. The highest BCUT2D eigenvalue weighted by Crippen LogP contribution is 2.19. The molecule has 3 aromatic rings. The quantitative estimate of drug-likeness (QED) is 0.714. The fourth-order valence-electron chi connectivity index (χ4n) is 1.88. The zero-order valence-electron chi connectivity index (χ0n) is 9.58. The number of thiocarbonyl (C=S) groups is 1. The van der Waals surface area contributed by atoms with Crippen molar-refractivity contribution in [3.63, 3.8) is 0 Å². The second kappa shape index (κ2) is 4.23. The molecule has 0 aliphatic rings. The lowest BCUT2D eigenvalue weighted by Crippen LogP contribution is -2.08. The molecular weight excluding hydrogens is 242 g/mol. The minimum absolute atomic E-state index is 0.413. The molecule has 0 aliphatic carbocycles. The fraction of sp³-hybridized carbons (Fsp3) is 0. The standard InChI is InChI=1S/C14H11N3S/c15-14(18)11-6-4-10(5-7-11)12-9-17-8-2-1-3-13(17)16-12/h1-9H,(H2,15,18). The molecule has 2 aromatic heterocycles. The number of nitrogens with zero attached hydrogens (tertiary/aromatic N) is 2. The Balaban J connectivity index is 2.06.